The van der Waals surface area contributed by atoms with Gasteiger partial charge in [-0.3, -0.25) is 14.6 Å². The maximum absolute atomic E-state index is 14.8. The molecule has 2 atom stereocenters. The van der Waals surface area contributed by atoms with E-state index in [1.54, 1.807) is 18.2 Å². The Morgan fingerprint density at radius 2 is 1.70 bits per heavy atom. The van der Waals surface area contributed by atoms with Crippen molar-refractivity contribution in [2.24, 2.45) is 11.3 Å². The molecule has 1 unspecified atom stereocenters. The zero-order valence-corrected chi connectivity index (χ0v) is 44.5. The van der Waals surface area contributed by atoms with Crippen LogP contribution in [0.1, 0.15) is 118 Å². The SMILES string of the molecule is CC(C)c1ccccc1C1CN(Cc2ccc(F)c(F)c2)[C@@H](C)CN1C1CC2(CCN(c3ccc(C(=O)NS(=O)(=O)c4cnc(NCC5CCC(C)(O)CC5)c(N(C)[O-])c4)c(Oc4cnc5[nH]cc(F)c5c4)c3)CC2)C1. The number of hydroxylamine groups is 1. The first kappa shape index (κ1) is 53.2. The van der Waals surface area contributed by atoms with Gasteiger partial charge in [0.2, 0.25) is 0 Å². The molecule has 3 aromatic heterocycles. The topological polar surface area (TPSA) is 182 Å². The molecule has 15 nitrogen and oxygen atoms in total. The monoisotopic (exact) mass is 1060 g/mol. The highest BCUT2D eigenvalue weighted by Crippen LogP contribution is 2.54. The number of sulfonamides is 1. The van der Waals surface area contributed by atoms with Gasteiger partial charge in [0.15, 0.2) is 11.6 Å². The number of hydrogen-bond donors (Lipinski definition) is 4. The molecule has 6 aromatic rings. The Kier molecular flexibility index (Phi) is 14.9. The predicted molar refractivity (Wildman–Crippen MR) is 287 cm³/mol. The highest BCUT2D eigenvalue weighted by Gasteiger charge is 2.51. The number of hydrogen-bond acceptors (Lipinski definition) is 13. The fourth-order valence-corrected chi connectivity index (χ4v) is 13.0. The van der Waals surface area contributed by atoms with E-state index in [1.165, 1.54) is 54.8 Å². The normalized spacial score (nSPS) is 22.5. The van der Waals surface area contributed by atoms with E-state index in [1.807, 2.05) is 6.92 Å². The number of anilines is 3. The van der Waals surface area contributed by atoms with Gasteiger partial charge in [0.1, 0.15) is 33.7 Å². The van der Waals surface area contributed by atoms with E-state index in [0.29, 0.717) is 48.6 Å². The van der Waals surface area contributed by atoms with Crippen LogP contribution in [-0.4, -0.2) is 102 Å². The van der Waals surface area contributed by atoms with Crippen LogP contribution in [0.25, 0.3) is 11.0 Å². The summed E-state index contributed by atoms with van der Waals surface area (Å²) in [6.07, 6.45) is 10.5. The van der Waals surface area contributed by atoms with Crippen molar-refractivity contribution in [2.45, 2.75) is 120 Å². The number of benzene rings is 3. The average molecular weight is 1060 g/mol. The van der Waals surface area contributed by atoms with Crippen molar-refractivity contribution in [2.75, 3.05) is 55.1 Å². The Bertz CT molecular complexity index is 3200. The highest BCUT2D eigenvalue weighted by atomic mass is 32.2. The van der Waals surface area contributed by atoms with E-state index in [9.17, 15) is 36.7 Å². The number of nitrogens with one attached hydrogen (secondary N) is 3. The van der Waals surface area contributed by atoms with E-state index < -0.39 is 43.9 Å². The molecule has 3 aromatic carbocycles. The molecule has 1 amide bonds. The Morgan fingerprint density at radius 3 is 2.42 bits per heavy atom. The van der Waals surface area contributed by atoms with Crippen LogP contribution in [0.3, 0.4) is 0 Å². The molecule has 4 fully saturated rings. The fraction of sp³-hybridized carbons (Fsp3) is 0.456. The van der Waals surface area contributed by atoms with Gasteiger partial charge in [0, 0.05) is 81.5 Å². The van der Waals surface area contributed by atoms with Crippen LogP contribution in [-0.2, 0) is 16.6 Å². The van der Waals surface area contributed by atoms with Gasteiger partial charge in [-0.15, -0.1) is 0 Å². The van der Waals surface area contributed by atoms with E-state index in [2.05, 4.69) is 84.7 Å². The van der Waals surface area contributed by atoms with Crippen LogP contribution in [0.2, 0.25) is 0 Å². The van der Waals surface area contributed by atoms with Crippen molar-refractivity contribution < 1.29 is 36.2 Å². The van der Waals surface area contributed by atoms with Crippen molar-refractivity contribution in [3.8, 4) is 11.5 Å². The summed E-state index contributed by atoms with van der Waals surface area (Å²) in [5.74, 6) is -2.33. The first-order valence-corrected chi connectivity index (χ1v) is 27.9. The maximum atomic E-state index is 14.8. The Balaban J connectivity index is 0.846. The fourth-order valence-electron chi connectivity index (χ4n) is 12.0. The number of fused-ring (bicyclic) bond motifs is 1. The number of H-pyrrole nitrogens is 1. The third kappa shape index (κ3) is 11.3. The standard InChI is InChI=1S/C57H67F3N9O6S/c1-35(2)43-8-6-7-9-44(43)51-34-68(33-38-10-13-47(58)48(59)22-38)36(3)32-69(51)40-26-57(27-40)18-20-67(21-19-57)39-11-12-45(52(23-39)75-41-24-46-49(60)31-64-53(46)62-29-41)55(70)65-76(73,74)42-25-50(66(5)72)54(63-30-42)61-28-37-14-16-56(4,71)17-15-37/h6-13,22-25,29-31,35-37,40,51,71H,14-21,26-28,32-34H2,1-5H3,(H,61,63)(H,62,64)(H,65,70)/q-1/t36-,37?,51?,56?/m0/s1. The van der Waals surface area contributed by atoms with Crippen LogP contribution >= 0.6 is 0 Å². The first-order valence-electron chi connectivity index (χ1n) is 26.4. The number of aromatic amines is 1. The van der Waals surface area contributed by atoms with Gasteiger partial charge in [0.05, 0.1) is 28.4 Å². The summed E-state index contributed by atoms with van der Waals surface area (Å²) in [6, 6.07) is 21.1. The third-order valence-corrected chi connectivity index (χ3v) is 17.9. The number of carbonyl (C=O) groups excluding carboxylic acids is 1. The number of aliphatic hydroxyl groups is 1. The van der Waals surface area contributed by atoms with E-state index >= 15 is 0 Å². The summed E-state index contributed by atoms with van der Waals surface area (Å²) in [6.45, 7) is 12.5. The predicted octanol–water partition coefficient (Wildman–Crippen LogP) is 10.4. The lowest BCUT2D eigenvalue weighted by Gasteiger charge is -2.59. The molecular weight excluding hydrogens is 996 g/mol. The molecule has 2 saturated heterocycles. The lowest BCUT2D eigenvalue weighted by Crippen LogP contribution is -2.61. The van der Waals surface area contributed by atoms with Crippen molar-refractivity contribution in [1.29, 1.82) is 0 Å². The minimum Gasteiger partial charge on any atom is -0.758 e. The molecule has 1 spiro atoms. The summed E-state index contributed by atoms with van der Waals surface area (Å²) in [5.41, 5.74) is 3.71. The second-order valence-electron chi connectivity index (χ2n) is 22.4. The van der Waals surface area contributed by atoms with Gasteiger partial charge in [-0.05, 0) is 143 Å². The third-order valence-electron chi connectivity index (χ3n) is 16.6. The number of piperidine rings is 1. The Labute approximate surface area is 442 Å². The van der Waals surface area contributed by atoms with Gasteiger partial charge in [-0.1, -0.05) is 44.2 Å². The molecular formula is C57H67F3N9O6S-. The number of halogens is 3. The van der Waals surface area contributed by atoms with Crippen molar-refractivity contribution in [1.82, 2.24) is 29.5 Å². The van der Waals surface area contributed by atoms with Crippen LogP contribution in [0.15, 0.2) is 96.3 Å². The van der Waals surface area contributed by atoms with Crippen LogP contribution in [0.4, 0.5) is 30.4 Å². The van der Waals surface area contributed by atoms with Crippen molar-refractivity contribution in [3.63, 3.8) is 0 Å². The number of piperazine rings is 1. The quantitative estimate of drug-likeness (QED) is 0.0714. The summed E-state index contributed by atoms with van der Waals surface area (Å²) in [7, 11) is -3.36. The number of rotatable bonds is 15. The zero-order chi connectivity index (χ0) is 53.7. The zero-order valence-electron chi connectivity index (χ0n) is 43.7. The number of ether oxygens (including phenoxy) is 1. The minimum atomic E-state index is -4.59. The van der Waals surface area contributed by atoms with E-state index in [4.69, 9.17) is 4.74 Å². The van der Waals surface area contributed by atoms with Crippen LogP contribution < -0.4 is 24.7 Å². The molecule has 76 heavy (non-hydrogen) atoms. The summed E-state index contributed by atoms with van der Waals surface area (Å²) in [4.78, 5) is 32.4. The van der Waals surface area contributed by atoms with Crippen LogP contribution in [0, 0.1) is 34.0 Å². The Hall–Kier alpha value is -6.25. The maximum Gasteiger partial charge on any atom is 0.268 e. The molecule has 2 saturated carbocycles. The number of aromatic nitrogens is 3. The van der Waals surface area contributed by atoms with E-state index in [0.717, 1.165) is 88.2 Å². The molecule has 19 heteroatoms. The number of amides is 1. The van der Waals surface area contributed by atoms with Crippen molar-refractivity contribution >= 4 is 44.2 Å². The average Bonchev–Trinajstić information content (AvgIpc) is 3.76. The number of pyridine rings is 2. The lowest BCUT2D eigenvalue weighted by atomic mass is 9.59. The molecule has 404 valence electrons. The van der Waals surface area contributed by atoms with Gasteiger partial charge >= 0.3 is 0 Å². The largest absolute Gasteiger partial charge is 0.758 e. The van der Waals surface area contributed by atoms with Crippen molar-refractivity contribution in [3.05, 3.63) is 136 Å². The molecule has 0 bridgehead atoms. The number of nitrogens with zero attached hydrogens (tertiary/aromatic N) is 6. The number of carbonyl (C=O) groups is 1. The smallest absolute Gasteiger partial charge is 0.268 e. The minimum absolute atomic E-state index is 0.0266. The summed E-state index contributed by atoms with van der Waals surface area (Å²) < 4.78 is 79.3. The van der Waals surface area contributed by atoms with Gasteiger partial charge in [-0.2, -0.15) is 0 Å². The molecule has 4 N–H and O–H groups in total. The molecule has 2 aliphatic carbocycles. The van der Waals surface area contributed by atoms with Gasteiger partial charge < -0.3 is 35.3 Å². The Morgan fingerprint density at radius 1 is 0.947 bits per heavy atom. The van der Waals surface area contributed by atoms with Crippen LogP contribution in [0.5, 0.6) is 11.5 Å². The lowest BCUT2D eigenvalue weighted by molar-refractivity contribution is -0.0766. The molecule has 0 radical (unpaired) electrons. The molecule has 10 rings (SSSR count). The van der Waals surface area contributed by atoms with Gasteiger partial charge in [-0.25, -0.2) is 36.3 Å². The first-order chi connectivity index (χ1) is 36.2. The second kappa shape index (κ2) is 21.3. The highest BCUT2D eigenvalue weighted by molar-refractivity contribution is 7.90. The molecule has 2 aliphatic heterocycles. The van der Waals surface area contributed by atoms with Gasteiger partial charge in [0.25, 0.3) is 15.9 Å². The van der Waals surface area contributed by atoms with E-state index in [-0.39, 0.29) is 57.4 Å². The summed E-state index contributed by atoms with van der Waals surface area (Å²) in [5, 5.41) is 27.0. The second-order valence-corrected chi connectivity index (χ2v) is 24.0. The molecule has 5 heterocycles. The molecule has 4 aliphatic rings. The summed E-state index contributed by atoms with van der Waals surface area (Å²) >= 11 is 0.